The summed E-state index contributed by atoms with van der Waals surface area (Å²) in [6.07, 6.45) is 1.76. The molecule has 3 N–H and O–H groups in total. The molecule has 0 saturated carbocycles. The van der Waals surface area contributed by atoms with Crippen LogP contribution in [0.2, 0.25) is 0 Å². The van der Waals surface area contributed by atoms with Crippen LogP contribution in [0, 0.1) is 11.3 Å². The molecule has 0 spiro atoms. The Morgan fingerprint density at radius 2 is 2.07 bits per heavy atom. The van der Waals surface area contributed by atoms with Crippen molar-refractivity contribution >= 4 is 33.2 Å². The minimum atomic E-state index is -0.262. The Balaban J connectivity index is 1.79. The maximum Gasteiger partial charge on any atom is 0.272 e. The molecule has 9 heteroatoms. The average Bonchev–Trinajstić information content (AvgIpc) is 3.39. The van der Waals surface area contributed by atoms with Gasteiger partial charge in [-0.05, 0) is 41.4 Å². The Morgan fingerprint density at radius 3 is 2.87 bits per heavy atom. The van der Waals surface area contributed by atoms with Gasteiger partial charge in [-0.3, -0.25) is 9.48 Å². The van der Waals surface area contributed by atoms with Crippen molar-refractivity contribution in [1.29, 1.82) is 5.26 Å². The quantitative estimate of drug-likeness (QED) is 0.468. The molecule has 30 heavy (non-hydrogen) atoms. The lowest BCUT2D eigenvalue weighted by atomic mass is 9.95. The van der Waals surface area contributed by atoms with Gasteiger partial charge >= 0.3 is 0 Å². The molecule has 0 unspecified atom stereocenters. The molecule has 0 aliphatic rings. The first kappa shape index (κ1) is 18.2. The maximum absolute atomic E-state index is 12.2. The van der Waals surface area contributed by atoms with Crippen molar-refractivity contribution in [2.45, 2.75) is 6.54 Å². The number of hydrogen-bond acceptors (Lipinski definition) is 7. The van der Waals surface area contributed by atoms with E-state index in [1.165, 1.54) is 11.5 Å². The SMILES string of the molecule is Cn1ncc(-c2ccc3c(=O)[nH]nc(CN)c3c2)c1-c1ccc2nscc2c1C#N. The largest absolute Gasteiger partial charge is 0.325 e. The second-order valence-electron chi connectivity index (χ2n) is 6.84. The van der Waals surface area contributed by atoms with E-state index in [-0.39, 0.29) is 12.1 Å². The number of nitrogens with one attached hydrogen (secondary N) is 1. The Bertz CT molecular complexity index is 1540. The summed E-state index contributed by atoms with van der Waals surface area (Å²) in [5, 5.41) is 24.8. The molecule has 3 aromatic heterocycles. The molecule has 0 fully saturated rings. The smallest absolute Gasteiger partial charge is 0.272 e. The zero-order chi connectivity index (χ0) is 20.8. The van der Waals surface area contributed by atoms with E-state index in [0.717, 1.165) is 33.3 Å². The number of nitrogens with two attached hydrogens (primary N) is 1. The standard InChI is InChI=1S/C21H15N7OS/c1-28-20(12-4-5-18-17(10-30-27-18)15(12)7-22)16(9-24-28)11-2-3-13-14(6-11)19(8-23)25-26-21(13)29/h2-6,9-10H,8,23H2,1H3,(H,26,29). The van der Waals surface area contributed by atoms with Gasteiger partial charge in [-0.1, -0.05) is 6.07 Å². The van der Waals surface area contributed by atoms with Gasteiger partial charge in [-0.25, -0.2) is 5.10 Å². The van der Waals surface area contributed by atoms with Crippen molar-refractivity contribution in [1.82, 2.24) is 24.4 Å². The molecule has 0 atom stereocenters. The number of fused-ring (bicyclic) bond motifs is 2. The summed E-state index contributed by atoms with van der Waals surface area (Å²) in [6.45, 7) is 0.205. The molecule has 0 bridgehead atoms. The van der Waals surface area contributed by atoms with Crippen LogP contribution in [0.5, 0.6) is 0 Å². The fourth-order valence-electron chi connectivity index (χ4n) is 3.77. The molecule has 8 nitrogen and oxygen atoms in total. The first-order valence-electron chi connectivity index (χ1n) is 9.13. The molecule has 0 aliphatic heterocycles. The number of H-pyrrole nitrogens is 1. The summed E-state index contributed by atoms with van der Waals surface area (Å²) in [7, 11) is 1.84. The lowest BCUT2D eigenvalue weighted by Crippen LogP contribution is -2.13. The summed E-state index contributed by atoms with van der Waals surface area (Å²) in [6, 6.07) is 11.7. The van der Waals surface area contributed by atoms with Gasteiger partial charge in [0.1, 0.15) is 6.07 Å². The Morgan fingerprint density at radius 1 is 1.20 bits per heavy atom. The molecule has 0 saturated heterocycles. The van der Waals surface area contributed by atoms with Crippen molar-refractivity contribution in [3.05, 3.63) is 63.5 Å². The Kier molecular flexibility index (Phi) is 4.17. The fraction of sp³-hybridized carbons (Fsp3) is 0.0952. The molecule has 0 amide bonds. The summed E-state index contributed by atoms with van der Waals surface area (Å²) in [5.41, 5.74) is 10.8. The minimum absolute atomic E-state index is 0.205. The molecule has 0 radical (unpaired) electrons. The summed E-state index contributed by atoms with van der Waals surface area (Å²) < 4.78 is 6.08. The number of nitriles is 1. The fourth-order valence-corrected chi connectivity index (χ4v) is 4.44. The molecule has 5 aromatic rings. The van der Waals surface area contributed by atoms with E-state index in [1.807, 2.05) is 36.7 Å². The Labute approximate surface area is 174 Å². The third-order valence-electron chi connectivity index (χ3n) is 5.22. The van der Waals surface area contributed by atoms with Crippen LogP contribution in [-0.2, 0) is 13.6 Å². The number of rotatable bonds is 3. The van der Waals surface area contributed by atoms with E-state index in [1.54, 1.807) is 16.9 Å². The lowest BCUT2D eigenvalue weighted by molar-refractivity contribution is 0.776. The molecule has 2 aromatic carbocycles. The van der Waals surface area contributed by atoms with Crippen LogP contribution in [0.15, 0.2) is 46.7 Å². The van der Waals surface area contributed by atoms with E-state index in [9.17, 15) is 10.1 Å². The van der Waals surface area contributed by atoms with E-state index in [4.69, 9.17) is 5.73 Å². The molecule has 3 heterocycles. The van der Waals surface area contributed by atoms with Crippen LogP contribution in [0.25, 0.3) is 44.1 Å². The second-order valence-corrected chi connectivity index (χ2v) is 7.47. The van der Waals surface area contributed by atoms with Gasteiger partial charge in [0.25, 0.3) is 5.56 Å². The number of hydrogen-bond donors (Lipinski definition) is 2. The topological polar surface area (TPSA) is 126 Å². The third kappa shape index (κ3) is 2.62. The molecule has 146 valence electrons. The highest BCUT2D eigenvalue weighted by Crippen LogP contribution is 2.37. The molecular formula is C21H15N7OS. The van der Waals surface area contributed by atoms with Crippen LogP contribution in [0.4, 0.5) is 0 Å². The van der Waals surface area contributed by atoms with Crippen LogP contribution < -0.4 is 11.3 Å². The third-order valence-corrected chi connectivity index (χ3v) is 5.86. The number of aromatic amines is 1. The van der Waals surface area contributed by atoms with Gasteiger partial charge in [-0.15, -0.1) is 0 Å². The summed E-state index contributed by atoms with van der Waals surface area (Å²) in [5.74, 6) is 0. The summed E-state index contributed by atoms with van der Waals surface area (Å²) >= 11 is 1.33. The lowest BCUT2D eigenvalue weighted by Gasteiger charge is -2.10. The van der Waals surface area contributed by atoms with E-state index in [0.29, 0.717) is 22.0 Å². The highest BCUT2D eigenvalue weighted by atomic mass is 32.1. The summed E-state index contributed by atoms with van der Waals surface area (Å²) in [4.78, 5) is 12.2. The molecule has 0 aliphatic carbocycles. The van der Waals surface area contributed by atoms with E-state index in [2.05, 4.69) is 25.7 Å². The Hall–Kier alpha value is -3.87. The number of benzene rings is 2. The molecular weight excluding hydrogens is 398 g/mol. The van der Waals surface area contributed by atoms with Crippen LogP contribution in [-0.4, -0.2) is 24.4 Å². The average molecular weight is 413 g/mol. The van der Waals surface area contributed by atoms with Crippen molar-refractivity contribution in [2.75, 3.05) is 0 Å². The normalized spacial score (nSPS) is 11.2. The van der Waals surface area contributed by atoms with Crippen molar-refractivity contribution < 1.29 is 0 Å². The predicted octanol–water partition coefficient (Wildman–Crippen LogP) is 2.93. The van der Waals surface area contributed by atoms with Gasteiger partial charge in [0, 0.05) is 40.9 Å². The van der Waals surface area contributed by atoms with Crippen molar-refractivity contribution in [2.24, 2.45) is 12.8 Å². The minimum Gasteiger partial charge on any atom is -0.325 e. The first-order chi connectivity index (χ1) is 14.6. The number of aryl methyl sites for hydroxylation is 1. The van der Waals surface area contributed by atoms with Crippen LogP contribution in [0.3, 0.4) is 0 Å². The first-order valence-corrected chi connectivity index (χ1v) is 9.97. The maximum atomic E-state index is 12.2. The predicted molar refractivity (Wildman–Crippen MR) is 116 cm³/mol. The van der Waals surface area contributed by atoms with Crippen molar-refractivity contribution in [3.8, 4) is 28.5 Å². The van der Waals surface area contributed by atoms with Gasteiger partial charge in [0.15, 0.2) is 0 Å². The molecule has 5 rings (SSSR count). The zero-order valence-corrected chi connectivity index (χ0v) is 16.7. The van der Waals surface area contributed by atoms with Gasteiger partial charge in [0.05, 0.1) is 34.1 Å². The van der Waals surface area contributed by atoms with Crippen LogP contribution >= 0.6 is 11.5 Å². The van der Waals surface area contributed by atoms with Gasteiger partial charge < -0.3 is 5.73 Å². The number of aromatic nitrogens is 5. The van der Waals surface area contributed by atoms with Crippen LogP contribution in [0.1, 0.15) is 11.3 Å². The second kappa shape index (κ2) is 6.88. The highest BCUT2D eigenvalue weighted by molar-refractivity contribution is 7.04. The van der Waals surface area contributed by atoms with Gasteiger partial charge in [-0.2, -0.15) is 19.8 Å². The van der Waals surface area contributed by atoms with Crippen molar-refractivity contribution in [3.63, 3.8) is 0 Å². The van der Waals surface area contributed by atoms with E-state index >= 15 is 0 Å². The van der Waals surface area contributed by atoms with E-state index < -0.39 is 0 Å². The van der Waals surface area contributed by atoms with Gasteiger partial charge in [0.2, 0.25) is 0 Å². The number of nitrogens with zero attached hydrogens (tertiary/aromatic N) is 5. The monoisotopic (exact) mass is 413 g/mol. The zero-order valence-electron chi connectivity index (χ0n) is 15.9. The highest BCUT2D eigenvalue weighted by Gasteiger charge is 2.19.